The SMILES string of the molecule is C=C[C@@]1(COC(C)=O)CC[C@@H](COC(C)=O)N1C(C)=O. The van der Waals surface area contributed by atoms with Gasteiger partial charge in [0.2, 0.25) is 5.91 Å². The van der Waals surface area contributed by atoms with Gasteiger partial charge in [0, 0.05) is 20.8 Å². The van der Waals surface area contributed by atoms with E-state index in [0.717, 1.165) is 0 Å². The van der Waals surface area contributed by atoms with Crippen molar-refractivity contribution in [2.24, 2.45) is 0 Å². The van der Waals surface area contributed by atoms with Crippen LogP contribution in [-0.4, -0.2) is 47.5 Å². The summed E-state index contributed by atoms with van der Waals surface area (Å²) >= 11 is 0. The zero-order chi connectivity index (χ0) is 15.3. The summed E-state index contributed by atoms with van der Waals surface area (Å²) in [4.78, 5) is 35.4. The summed E-state index contributed by atoms with van der Waals surface area (Å²) in [6.45, 7) is 8.07. The second-order valence-electron chi connectivity index (χ2n) is 4.97. The number of rotatable bonds is 5. The summed E-state index contributed by atoms with van der Waals surface area (Å²) < 4.78 is 10.1. The summed E-state index contributed by atoms with van der Waals surface area (Å²) in [7, 11) is 0. The van der Waals surface area contributed by atoms with Gasteiger partial charge in [-0.15, -0.1) is 6.58 Å². The summed E-state index contributed by atoms with van der Waals surface area (Å²) in [5.41, 5.74) is -0.720. The lowest BCUT2D eigenvalue weighted by atomic mass is 9.97. The van der Waals surface area contributed by atoms with E-state index in [4.69, 9.17) is 9.47 Å². The Morgan fingerprint density at radius 3 is 2.30 bits per heavy atom. The third-order valence-corrected chi connectivity index (χ3v) is 3.48. The van der Waals surface area contributed by atoms with E-state index in [9.17, 15) is 14.4 Å². The fourth-order valence-corrected chi connectivity index (χ4v) is 2.60. The minimum atomic E-state index is -0.720. The first kappa shape index (κ1) is 16.2. The summed E-state index contributed by atoms with van der Waals surface area (Å²) in [5.74, 6) is -0.950. The topological polar surface area (TPSA) is 72.9 Å². The van der Waals surface area contributed by atoms with Gasteiger partial charge in [0.15, 0.2) is 0 Å². The van der Waals surface area contributed by atoms with Crippen molar-refractivity contribution >= 4 is 17.8 Å². The van der Waals surface area contributed by atoms with Crippen molar-refractivity contribution in [2.45, 2.75) is 45.2 Å². The first-order valence-corrected chi connectivity index (χ1v) is 6.52. The molecule has 0 aromatic heterocycles. The van der Waals surface area contributed by atoms with Crippen molar-refractivity contribution in [3.63, 3.8) is 0 Å². The Labute approximate surface area is 118 Å². The molecule has 1 amide bonds. The van der Waals surface area contributed by atoms with E-state index in [1.807, 2.05) is 0 Å². The lowest BCUT2D eigenvalue weighted by Crippen LogP contribution is -2.52. The van der Waals surface area contributed by atoms with Crippen LogP contribution in [-0.2, 0) is 23.9 Å². The molecule has 6 nitrogen and oxygen atoms in total. The number of likely N-dealkylation sites (tertiary alicyclic amines) is 1. The molecule has 1 saturated heterocycles. The van der Waals surface area contributed by atoms with Crippen LogP contribution in [0.25, 0.3) is 0 Å². The van der Waals surface area contributed by atoms with Gasteiger partial charge < -0.3 is 14.4 Å². The molecule has 1 fully saturated rings. The van der Waals surface area contributed by atoms with E-state index >= 15 is 0 Å². The van der Waals surface area contributed by atoms with Gasteiger partial charge >= 0.3 is 11.9 Å². The molecule has 2 atom stereocenters. The molecule has 0 aromatic rings. The van der Waals surface area contributed by atoms with Crippen LogP contribution in [0.3, 0.4) is 0 Å². The van der Waals surface area contributed by atoms with E-state index in [1.54, 1.807) is 11.0 Å². The molecule has 1 rings (SSSR count). The normalized spacial score (nSPS) is 25.1. The van der Waals surface area contributed by atoms with Crippen LogP contribution in [0.1, 0.15) is 33.6 Å². The lowest BCUT2D eigenvalue weighted by molar-refractivity contribution is -0.151. The molecule has 112 valence electrons. The zero-order valence-corrected chi connectivity index (χ0v) is 12.2. The number of nitrogens with zero attached hydrogens (tertiary/aromatic N) is 1. The predicted molar refractivity (Wildman–Crippen MR) is 71.7 cm³/mol. The number of carbonyl (C=O) groups is 3. The Kier molecular flexibility index (Phi) is 5.30. The highest BCUT2D eigenvalue weighted by Gasteiger charge is 2.47. The van der Waals surface area contributed by atoms with Gasteiger partial charge in [-0.2, -0.15) is 0 Å². The van der Waals surface area contributed by atoms with Crippen LogP contribution < -0.4 is 0 Å². The Bertz CT molecular complexity index is 420. The van der Waals surface area contributed by atoms with Crippen LogP contribution >= 0.6 is 0 Å². The predicted octanol–water partition coefficient (Wildman–Crippen LogP) is 1.05. The Hall–Kier alpha value is -1.85. The Balaban J connectivity index is 2.88. The standard InChI is InChI=1S/C14H21NO5/c1-5-14(9-20-12(4)18)7-6-13(8-19-11(3)17)15(14)10(2)16/h5,13H,1,6-9H2,2-4H3/t13-,14-/m0/s1. The van der Waals surface area contributed by atoms with Crippen molar-refractivity contribution in [1.82, 2.24) is 4.90 Å². The maximum Gasteiger partial charge on any atom is 0.302 e. The molecular weight excluding hydrogens is 262 g/mol. The Morgan fingerprint density at radius 1 is 1.25 bits per heavy atom. The number of carbonyl (C=O) groups excluding carboxylic acids is 3. The third kappa shape index (κ3) is 3.59. The summed E-state index contributed by atoms with van der Waals surface area (Å²) in [6, 6.07) is -0.218. The number of ether oxygens (including phenoxy) is 2. The average Bonchev–Trinajstić information content (AvgIpc) is 2.73. The number of hydrogen-bond acceptors (Lipinski definition) is 5. The lowest BCUT2D eigenvalue weighted by Gasteiger charge is -2.37. The molecule has 0 N–H and O–H groups in total. The first-order valence-electron chi connectivity index (χ1n) is 6.52. The van der Waals surface area contributed by atoms with Crippen LogP contribution in [0, 0.1) is 0 Å². The molecule has 6 heteroatoms. The van der Waals surface area contributed by atoms with Gasteiger partial charge in [0.05, 0.1) is 11.6 Å². The second kappa shape index (κ2) is 6.54. The molecule has 0 spiro atoms. The highest BCUT2D eigenvalue weighted by atomic mass is 16.5. The number of amides is 1. The van der Waals surface area contributed by atoms with Crippen molar-refractivity contribution in [2.75, 3.05) is 13.2 Å². The fourth-order valence-electron chi connectivity index (χ4n) is 2.60. The van der Waals surface area contributed by atoms with Crippen molar-refractivity contribution in [3.05, 3.63) is 12.7 Å². The van der Waals surface area contributed by atoms with Gasteiger partial charge in [-0.25, -0.2) is 0 Å². The van der Waals surface area contributed by atoms with E-state index in [2.05, 4.69) is 6.58 Å². The molecule has 1 aliphatic heterocycles. The highest BCUT2D eigenvalue weighted by molar-refractivity contribution is 5.76. The van der Waals surface area contributed by atoms with Crippen LogP contribution in [0.2, 0.25) is 0 Å². The van der Waals surface area contributed by atoms with E-state index in [0.29, 0.717) is 12.8 Å². The molecular formula is C14H21NO5. The summed E-state index contributed by atoms with van der Waals surface area (Å²) in [6.07, 6.45) is 2.92. The molecule has 1 heterocycles. The van der Waals surface area contributed by atoms with Gasteiger partial charge in [-0.3, -0.25) is 14.4 Å². The molecule has 0 bridgehead atoms. The second-order valence-corrected chi connectivity index (χ2v) is 4.97. The Morgan fingerprint density at radius 2 is 1.85 bits per heavy atom. The molecule has 0 radical (unpaired) electrons. The van der Waals surface area contributed by atoms with Crippen LogP contribution in [0.5, 0.6) is 0 Å². The van der Waals surface area contributed by atoms with E-state index < -0.39 is 11.5 Å². The van der Waals surface area contributed by atoms with Crippen LogP contribution in [0.4, 0.5) is 0 Å². The van der Waals surface area contributed by atoms with Crippen molar-refractivity contribution < 1.29 is 23.9 Å². The minimum absolute atomic E-state index is 0.0714. The van der Waals surface area contributed by atoms with E-state index in [-0.39, 0.29) is 31.1 Å². The highest BCUT2D eigenvalue weighted by Crippen LogP contribution is 2.35. The quantitative estimate of drug-likeness (QED) is 0.557. The molecule has 1 aliphatic rings. The third-order valence-electron chi connectivity index (χ3n) is 3.48. The molecule has 0 unspecified atom stereocenters. The van der Waals surface area contributed by atoms with Crippen molar-refractivity contribution in [3.8, 4) is 0 Å². The largest absolute Gasteiger partial charge is 0.464 e. The average molecular weight is 283 g/mol. The maximum absolute atomic E-state index is 11.9. The number of esters is 2. The van der Waals surface area contributed by atoms with Gasteiger partial charge in [-0.05, 0) is 12.8 Å². The molecule has 0 aliphatic carbocycles. The summed E-state index contributed by atoms with van der Waals surface area (Å²) in [5, 5.41) is 0. The zero-order valence-electron chi connectivity index (χ0n) is 12.2. The number of hydrogen-bond donors (Lipinski definition) is 0. The monoisotopic (exact) mass is 283 g/mol. The van der Waals surface area contributed by atoms with E-state index in [1.165, 1.54) is 20.8 Å². The molecule has 20 heavy (non-hydrogen) atoms. The van der Waals surface area contributed by atoms with Crippen molar-refractivity contribution in [1.29, 1.82) is 0 Å². The van der Waals surface area contributed by atoms with Gasteiger partial charge in [0.1, 0.15) is 13.2 Å². The first-order chi connectivity index (χ1) is 9.32. The van der Waals surface area contributed by atoms with Gasteiger partial charge in [0.25, 0.3) is 0 Å². The van der Waals surface area contributed by atoms with Crippen LogP contribution in [0.15, 0.2) is 12.7 Å². The molecule has 0 saturated carbocycles. The minimum Gasteiger partial charge on any atom is -0.464 e. The van der Waals surface area contributed by atoms with Gasteiger partial charge in [-0.1, -0.05) is 6.08 Å². The maximum atomic E-state index is 11.9. The smallest absolute Gasteiger partial charge is 0.302 e. The molecule has 0 aromatic carbocycles. The fraction of sp³-hybridized carbons (Fsp3) is 0.643.